The molecule has 0 saturated carbocycles. The quantitative estimate of drug-likeness (QED) is 0.0420. The van der Waals surface area contributed by atoms with Crippen molar-refractivity contribution in [3.05, 3.63) is 48.6 Å². The molecule has 2 unspecified atom stereocenters. The van der Waals surface area contributed by atoms with Crippen LogP contribution in [0.5, 0.6) is 0 Å². The second-order valence-corrected chi connectivity index (χ2v) is 23.2. The van der Waals surface area contributed by atoms with E-state index in [0.717, 1.165) is 38.5 Å². The molecule has 3 N–H and O–H groups in total. The Morgan fingerprint density at radius 1 is 0.311 bits per heavy atom. The summed E-state index contributed by atoms with van der Waals surface area (Å²) in [5.74, 6) is -0.0712. The van der Waals surface area contributed by atoms with Crippen molar-refractivity contribution in [1.29, 1.82) is 0 Å². The summed E-state index contributed by atoms with van der Waals surface area (Å²) in [6.07, 6.45) is 92.0. The van der Waals surface area contributed by atoms with Crippen LogP contribution < -0.4 is 5.32 Å². The lowest BCUT2D eigenvalue weighted by molar-refractivity contribution is -0.123. The van der Waals surface area contributed by atoms with E-state index in [2.05, 4.69) is 55.6 Å². The number of nitrogens with one attached hydrogen (secondary N) is 1. The molecule has 0 fully saturated rings. The zero-order chi connectivity index (χ0) is 53.4. The molecule has 0 radical (unpaired) electrons. The Balaban J connectivity index is 3.48. The van der Waals surface area contributed by atoms with Gasteiger partial charge in [-0.25, -0.2) is 0 Å². The van der Waals surface area contributed by atoms with Gasteiger partial charge in [0.25, 0.3) is 0 Å². The lowest BCUT2D eigenvalue weighted by Gasteiger charge is -2.19. The molecule has 1 amide bonds. The molecule has 0 aromatic rings. The van der Waals surface area contributed by atoms with Crippen LogP contribution in [0.2, 0.25) is 0 Å². The molecule has 0 aliphatic carbocycles. The van der Waals surface area contributed by atoms with E-state index in [4.69, 9.17) is 0 Å². The largest absolute Gasteiger partial charge is 0.394 e. The van der Waals surface area contributed by atoms with Gasteiger partial charge in [-0.05, 0) is 70.6 Å². The van der Waals surface area contributed by atoms with Crippen molar-refractivity contribution in [2.75, 3.05) is 6.61 Å². The van der Waals surface area contributed by atoms with Crippen LogP contribution in [0.3, 0.4) is 0 Å². The molecule has 2 atom stereocenters. The summed E-state index contributed by atoms with van der Waals surface area (Å²) in [7, 11) is 0. The van der Waals surface area contributed by atoms with E-state index in [-0.39, 0.29) is 12.5 Å². The van der Waals surface area contributed by atoms with Crippen LogP contribution in [-0.4, -0.2) is 34.9 Å². The highest BCUT2D eigenvalue weighted by atomic mass is 16.3. The van der Waals surface area contributed by atoms with Gasteiger partial charge in [-0.2, -0.15) is 0 Å². The molecule has 74 heavy (non-hydrogen) atoms. The summed E-state index contributed by atoms with van der Waals surface area (Å²) in [5, 5.41) is 23.2. The van der Waals surface area contributed by atoms with E-state index < -0.39 is 12.1 Å². The number of aliphatic hydroxyl groups excluding tert-OH is 2. The van der Waals surface area contributed by atoms with Gasteiger partial charge in [-0.3, -0.25) is 4.79 Å². The number of hydrogen-bond donors (Lipinski definition) is 3. The van der Waals surface area contributed by atoms with Crippen molar-refractivity contribution in [3.63, 3.8) is 0 Å². The van der Waals surface area contributed by atoms with Crippen molar-refractivity contribution in [3.8, 4) is 0 Å². The zero-order valence-electron chi connectivity index (χ0n) is 50.4. The van der Waals surface area contributed by atoms with E-state index in [0.29, 0.717) is 6.42 Å². The molecule has 0 rings (SSSR count). The molecule has 0 aliphatic heterocycles. The standard InChI is InChI=1S/C70H133NO3/c1-3-5-7-9-11-13-15-17-19-21-23-25-27-29-31-33-34-35-36-38-40-42-44-46-48-50-52-54-56-58-60-62-64-66-70(74)71-68(67-72)69(73)65-63-61-59-57-55-53-51-49-47-45-43-41-39-37-32-30-28-26-24-22-20-18-16-14-12-10-8-6-4-2/h21,23,47,49,55,57,63,65,68-69,72-73H,3-20,22,24-46,48,50-54,56,58-62,64,66-67H2,1-2H3,(H,71,74)/b23-21-,49-47+,57-55+,65-63+. The average Bonchev–Trinajstić information content (AvgIpc) is 3.40. The minimum Gasteiger partial charge on any atom is -0.394 e. The molecule has 0 aliphatic rings. The second-order valence-electron chi connectivity index (χ2n) is 23.2. The fourth-order valence-electron chi connectivity index (χ4n) is 10.6. The Morgan fingerprint density at radius 3 is 0.784 bits per heavy atom. The van der Waals surface area contributed by atoms with Crippen LogP contribution in [0, 0.1) is 0 Å². The predicted molar refractivity (Wildman–Crippen MR) is 331 cm³/mol. The minimum absolute atomic E-state index is 0.0712. The molecule has 4 heteroatoms. The van der Waals surface area contributed by atoms with Gasteiger partial charge < -0.3 is 15.5 Å². The molecular weight excluding hydrogens is 903 g/mol. The highest BCUT2D eigenvalue weighted by Crippen LogP contribution is 2.18. The number of amides is 1. The van der Waals surface area contributed by atoms with Crippen molar-refractivity contribution in [2.24, 2.45) is 0 Å². The molecule has 0 aromatic heterocycles. The number of carbonyl (C=O) groups is 1. The number of carbonyl (C=O) groups excluding carboxylic acids is 1. The lowest BCUT2D eigenvalue weighted by atomic mass is 10.0. The third kappa shape index (κ3) is 61.2. The maximum Gasteiger partial charge on any atom is 0.220 e. The monoisotopic (exact) mass is 1040 g/mol. The van der Waals surface area contributed by atoms with Crippen LogP contribution in [0.4, 0.5) is 0 Å². The fourth-order valence-corrected chi connectivity index (χ4v) is 10.6. The van der Waals surface area contributed by atoms with E-state index in [1.807, 2.05) is 6.08 Å². The van der Waals surface area contributed by atoms with Crippen molar-refractivity contribution in [2.45, 2.75) is 386 Å². The van der Waals surface area contributed by atoms with Crippen molar-refractivity contribution < 1.29 is 15.0 Å². The first kappa shape index (κ1) is 72.3. The van der Waals surface area contributed by atoms with Crippen LogP contribution in [-0.2, 0) is 4.79 Å². The van der Waals surface area contributed by atoms with Gasteiger partial charge in [0.05, 0.1) is 18.8 Å². The lowest BCUT2D eigenvalue weighted by Crippen LogP contribution is -2.45. The number of hydrogen-bond acceptors (Lipinski definition) is 3. The van der Waals surface area contributed by atoms with Crippen molar-refractivity contribution >= 4 is 5.91 Å². The van der Waals surface area contributed by atoms with E-state index in [1.165, 1.54) is 315 Å². The second kappa shape index (κ2) is 65.6. The molecule has 0 spiro atoms. The van der Waals surface area contributed by atoms with Crippen molar-refractivity contribution in [1.82, 2.24) is 5.32 Å². The van der Waals surface area contributed by atoms with Gasteiger partial charge in [-0.1, -0.05) is 345 Å². The van der Waals surface area contributed by atoms with Crippen LogP contribution in [0.1, 0.15) is 373 Å². The van der Waals surface area contributed by atoms with Gasteiger partial charge in [0, 0.05) is 6.42 Å². The summed E-state index contributed by atoms with van der Waals surface area (Å²) < 4.78 is 0. The summed E-state index contributed by atoms with van der Waals surface area (Å²) in [6.45, 7) is 4.34. The number of allylic oxidation sites excluding steroid dienone is 7. The van der Waals surface area contributed by atoms with E-state index in [1.54, 1.807) is 6.08 Å². The minimum atomic E-state index is -0.872. The van der Waals surface area contributed by atoms with Crippen LogP contribution in [0.25, 0.3) is 0 Å². The average molecular weight is 1040 g/mol. The highest BCUT2D eigenvalue weighted by molar-refractivity contribution is 5.76. The predicted octanol–water partition coefficient (Wildman–Crippen LogP) is 22.9. The van der Waals surface area contributed by atoms with Gasteiger partial charge in [0.1, 0.15) is 0 Å². The van der Waals surface area contributed by atoms with Gasteiger partial charge in [-0.15, -0.1) is 0 Å². The third-order valence-electron chi connectivity index (χ3n) is 15.8. The van der Waals surface area contributed by atoms with Crippen LogP contribution in [0.15, 0.2) is 48.6 Å². The van der Waals surface area contributed by atoms with E-state index in [9.17, 15) is 15.0 Å². The zero-order valence-corrected chi connectivity index (χ0v) is 50.4. The third-order valence-corrected chi connectivity index (χ3v) is 15.8. The Hall–Kier alpha value is -1.65. The SMILES string of the molecule is CCCCCCCCCC/C=C\CCCCCCCCCCCCCCCCCCCCCCCC(=O)NC(CO)C(O)/C=C/CC/C=C/CC/C=C/CCCCCCCCCCCCCCCCCCCCC. The smallest absolute Gasteiger partial charge is 0.220 e. The number of rotatable bonds is 63. The molecule has 436 valence electrons. The maximum absolute atomic E-state index is 12.5. The van der Waals surface area contributed by atoms with Gasteiger partial charge in [0.2, 0.25) is 5.91 Å². The van der Waals surface area contributed by atoms with Crippen LogP contribution >= 0.6 is 0 Å². The summed E-state index contributed by atoms with van der Waals surface area (Å²) in [4.78, 5) is 12.5. The summed E-state index contributed by atoms with van der Waals surface area (Å²) in [5.41, 5.74) is 0. The molecule has 4 nitrogen and oxygen atoms in total. The maximum atomic E-state index is 12.5. The molecule has 0 aromatic carbocycles. The first-order valence-electron chi connectivity index (χ1n) is 33.9. The fraction of sp³-hybridized carbons (Fsp3) is 0.871. The topological polar surface area (TPSA) is 69.6 Å². The summed E-state index contributed by atoms with van der Waals surface area (Å²) in [6, 6.07) is -0.647. The van der Waals surface area contributed by atoms with E-state index >= 15 is 0 Å². The van der Waals surface area contributed by atoms with Gasteiger partial charge >= 0.3 is 0 Å². The first-order chi connectivity index (χ1) is 36.7. The van der Waals surface area contributed by atoms with Gasteiger partial charge in [0.15, 0.2) is 0 Å². The summed E-state index contributed by atoms with van der Waals surface area (Å²) >= 11 is 0. The number of aliphatic hydroxyl groups is 2. The highest BCUT2D eigenvalue weighted by Gasteiger charge is 2.18. The Kier molecular flexibility index (Phi) is 64.2. The number of unbranched alkanes of at least 4 members (excludes halogenated alkanes) is 50. The molecule has 0 saturated heterocycles. The molecular formula is C70H133NO3. The first-order valence-corrected chi connectivity index (χ1v) is 33.9. The Bertz CT molecular complexity index is 1170. The molecule has 0 heterocycles. The normalized spacial score (nSPS) is 13.0. The Labute approximate surface area is 464 Å². The Morgan fingerprint density at radius 2 is 0.527 bits per heavy atom. The molecule has 0 bridgehead atoms.